The molecular weight excluding hydrogens is 474 g/mol. The molecule has 1 atom stereocenters. The molecule has 1 aliphatic heterocycles. The molecule has 1 aliphatic rings. The lowest BCUT2D eigenvalue weighted by atomic mass is 9.89. The minimum Gasteiger partial charge on any atom is -0.493 e. The SMILES string of the molecule is COc1cc(C#N)ccc1OC(CCN1CCC(c2cccc(NC(=O)C(C)C)c2)CC1)c1ccccc1. The van der Waals surface area contributed by atoms with Crippen LogP contribution >= 0.6 is 0 Å². The fourth-order valence-electron chi connectivity index (χ4n) is 4.90. The van der Waals surface area contributed by atoms with Crippen LogP contribution in [0, 0.1) is 17.2 Å². The number of nitriles is 1. The van der Waals surface area contributed by atoms with Crippen molar-refractivity contribution in [3.63, 3.8) is 0 Å². The van der Waals surface area contributed by atoms with Crippen LogP contribution in [0.1, 0.15) is 61.8 Å². The standard InChI is InChI=1S/C32H37N3O3/c1-23(2)32(36)34-28-11-7-10-27(21-28)25-14-17-35(18-15-25)19-16-29(26-8-5-4-6-9-26)38-30-13-12-24(22-33)20-31(30)37-3/h4-13,20-21,23,25,29H,14-19H2,1-3H3,(H,34,36). The van der Waals surface area contributed by atoms with Crippen LogP contribution in [0.15, 0.2) is 72.8 Å². The molecule has 1 unspecified atom stereocenters. The largest absolute Gasteiger partial charge is 0.493 e. The topological polar surface area (TPSA) is 74.6 Å². The van der Waals surface area contributed by atoms with Crippen LogP contribution in [0.2, 0.25) is 0 Å². The van der Waals surface area contributed by atoms with Gasteiger partial charge >= 0.3 is 0 Å². The van der Waals surface area contributed by atoms with Crippen molar-refractivity contribution < 1.29 is 14.3 Å². The number of nitrogens with zero attached hydrogens (tertiary/aromatic N) is 2. The molecule has 1 saturated heterocycles. The number of likely N-dealkylation sites (tertiary alicyclic amines) is 1. The van der Waals surface area contributed by atoms with E-state index in [1.807, 2.05) is 50.2 Å². The first-order valence-electron chi connectivity index (χ1n) is 13.4. The number of amides is 1. The summed E-state index contributed by atoms with van der Waals surface area (Å²) in [7, 11) is 1.60. The zero-order valence-electron chi connectivity index (χ0n) is 22.5. The van der Waals surface area contributed by atoms with Gasteiger partial charge in [-0.15, -0.1) is 0 Å². The summed E-state index contributed by atoms with van der Waals surface area (Å²) in [5.41, 5.74) is 3.84. The molecule has 3 aromatic rings. The van der Waals surface area contributed by atoms with E-state index in [9.17, 15) is 10.1 Å². The zero-order valence-corrected chi connectivity index (χ0v) is 22.5. The summed E-state index contributed by atoms with van der Waals surface area (Å²) in [5, 5.41) is 12.3. The molecule has 38 heavy (non-hydrogen) atoms. The van der Waals surface area contributed by atoms with Gasteiger partial charge in [0.25, 0.3) is 0 Å². The van der Waals surface area contributed by atoms with E-state index in [0.717, 1.165) is 50.1 Å². The average molecular weight is 512 g/mol. The maximum atomic E-state index is 12.1. The number of rotatable bonds is 10. The number of hydrogen-bond donors (Lipinski definition) is 1. The molecule has 1 heterocycles. The maximum absolute atomic E-state index is 12.1. The number of ether oxygens (including phenoxy) is 2. The van der Waals surface area contributed by atoms with E-state index in [1.165, 1.54) is 5.56 Å². The highest BCUT2D eigenvalue weighted by Crippen LogP contribution is 2.34. The number of methoxy groups -OCH3 is 1. The van der Waals surface area contributed by atoms with Crippen molar-refractivity contribution in [3.05, 3.63) is 89.5 Å². The van der Waals surface area contributed by atoms with Crippen LogP contribution in [0.3, 0.4) is 0 Å². The molecule has 0 saturated carbocycles. The third-order valence-electron chi connectivity index (χ3n) is 7.18. The molecule has 6 nitrogen and oxygen atoms in total. The maximum Gasteiger partial charge on any atom is 0.226 e. The van der Waals surface area contributed by atoms with E-state index in [-0.39, 0.29) is 17.9 Å². The van der Waals surface area contributed by atoms with Gasteiger partial charge in [-0.25, -0.2) is 0 Å². The number of hydrogen-bond acceptors (Lipinski definition) is 5. The molecule has 0 radical (unpaired) electrons. The van der Waals surface area contributed by atoms with E-state index in [2.05, 4.69) is 40.6 Å². The molecule has 0 aliphatic carbocycles. The lowest BCUT2D eigenvalue weighted by molar-refractivity contribution is -0.118. The fraction of sp³-hybridized carbons (Fsp3) is 0.375. The molecule has 6 heteroatoms. The third kappa shape index (κ3) is 7.14. The minimum absolute atomic E-state index is 0.0383. The Morgan fingerprint density at radius 2 is 1.79 bits per heavy atom. The Balaban J connectivity index is 1.37. The van der Waals surface area contributed by atoms with Gasteiger partial charge in [-0.1, -0.05) is 56.3 Å². The second kappa shape index (κ2) is 13.1. The first-order chi connectivity index (χ1) is 18.5. The predicted molar refractivity (Wildman–Crippen MR) is 150 cm³/mol. The second-order valence-electron chi connectivity index (χ2n) is 10.2. The van der Waals surface area contributed by atoms with E-state index < -0.39 is 0 Å². The van der Waals surface area contributed by atoms with E-state index in [4.69, 9.17) is 9.47 Å². The Hall–Kier alpha value is -3.82. The van der Waals surface area contributed by atoms with Gasteiger partial charge in [0.1, 0.15) is 6.10 Å². The van der Waals surface area contributed by atoms with E-state index in [1.54, 1.807) is 19.2 Å². The van der Waals surface area contributed by atoms with Crippen molar-refractivity contribution in [2.45, 2.75) is 45.1 Å². The van der Waals surface area contributed by atoms with Crippen LogP contribution in [-0.4, -0.2) is 37.6 Å². The lowest BCUT2D eigenvalue weighted by Gasteiger charge is -2.33. The van der Waals surface area contributed by atoms with Crippen molar-refractivity contribution in [3.8, 4) is 17.6 Å². The molecule has 1 fully saturated rings. The van der Waals surface area contributed by atoms with Crippen LogP contribution in [0.25, 0.3) is 0 Å². The number of nitrogens with one attached hydrogen (secondary N) is 1. The van der Waals surface area contributed by atoms with Crippen LogP contribution < -0.4 is 14.8 Å². The lowest BCUT2D eigenvalue weighted by Crippen LogP contribution is -2.34. The summed E-state index contributed by atoms with van der Waals surface area (Å²) in [6, 6.07) is 26.0. The highest BCUT2D eigenvalue weighted by Gasteiger charge is 2.23. The Morgan fingerprint density at radius 3 is 2.47 bits per heavy atom. The number of piperidine rings is 1. The molecule has 198 valence electrons. The number of benzene rings is 3. The number of anilines is 1. The third-order valence-corrected chi connectivity index (χ3v) is 7.18. The molecule has 0 aromatic heterocycles. The summed E-state index contributed by atoms with van der Waals surface area (Å²) in [6.45, 7) is 6.78. The summed E-state index contributed by atoms with van der Waals surface area (Å²) in [5.74, 6) is 1.71. The molecule has 4 rings (SSSR count). The monoisotopic (exact) mass is 511 g/mol. The van der Waals surface area contributed by atoms with Crippen LogP contribution in [-0.2, 0) is 4.79 Å². The zero-order chi connectivity index (χ0) is 26.9. The van der Waals surface area contributed by atoms with Gasteiger partial charge in [-0.2, -0.15) is 5.26 Å². The Morgan fingerprint density at radius 1 is 1.03 bits per heavy atom. The number of carbonyl (C=O) groups is 1. The van der Waals surface area contributed by atoms with Crippen LogP contribution in [0.4, 0.5) is 5.69 Å². The summed E-state index contributed by atoms with van der Waals surface area (Å²) >= 11 is 0. The smallest absolute Gasteiger partial charge is 0.226 e. The number of carbonyl (C=O) groups excluding carboxylic acids is 1. The van der Waals surface area contributed by atoms with E-state index in [0.29, 0.717) is 23.0 Å². The van der Waals surface area contributed by atoms with Crippen molar-refractivity contribution in [2.24, 2.45) is 5.92 Å². The van der Waals surface area contributed by atoms with Gasteiger partial charge in [0.2, 0.25) is 5.91 Å². The Labute approximate surface area is 226 Å². The molecule has 3 aromatic carbocycles. The fourth-order valence-corrected chi connectivity index (χ4v) is 4.90. The van der Waals surface area contributed by atoms with Gasteiger partial charge in [0.15, 0.2) is 11.5 Å². The first-order valence-corrected chi connectivity index (χ1v) is 13.4. The van der Waals surface area contributed by atoms with Gasteiger partial charge < -0.3 is 19.7 Å². The summed E-state index contributed by atoms with van der Waals surface area (Å²) < 4.78 is 12.0. The van der Waals surface area contributed by atoms with Crippen molar-refractivity contribution in [1.29, 1.82) is 5.26 Å². The minimum atomic E-state index is -0.128. The Kier molecular flexibility index (Phi) is 9.40. The Bertz CT molecular complexity index is 1240. The van der Waals surface area contributed by atoms with Crippen molar-refractivity contribution in [2.75, 3.05) is 32.1 Å². The highest BCUT2D eigenvalue weighted by atomic mass is 16.5. The predicted octanol–water partition coefficient (Wildman–Crippen LogP) is 6.55. The van der Waals surface area contributed by atoms with Gasteiger partial charge in [-0.05, 0) is 67.2 Å². The summed E-state index contributed by atoms with van der Waals surface area (Å²) in [4.78, 5) is 14.6. The van der Waals surface area contributed by atoms with Gasteiger partial charge in [0, 0.05) is 30.6 Å². The molecular formula is C32H37N3O3. The normalized spacial score (nSPS) is 15.0. The molecule has 0 bridgehead atoms. The quantitative estimate of drug-likeness (QED) is 0.334. The first kappa shape index (κ1) is 27.2. The van der Waals surface area contributed by atoms with Crippen molar-refractivity contribution in [1.82, 2.24) is 4.90 Å². The van der Waals surface area contributed by atoms with Gasteiger partial charge in [0.05, 0.1) is 18.7 Å². The molecule has 1 amide bonds. The highest BCUT2D eigenvalue weighted by molar-refractivity contribution is 5.92. The van der Waals surface area contributed by atoms with Crippen LogP contribution in [0.5, 0.6) is 11.5 Å². The average Bonchev–Trinajstić information content (AvgIpc) is 2.96. The molecule has 1 N–H and O–H groups in total. The van der Waals surface area contributed by atoms with Crippen molar-refractivity contribution >= 4 is 11.6 Å². The van der Waals surface area contributed by atoms with Gasteiger partial charge in [-0.3, -0.25) is 4.79 Å². The van der Waals surface area contributed by atoms with E-state index >= 15 is 0 Å². The summed E-state index contributed by atoms with van der Waals surface area (Å²) in [6.07, 6.45) is 2.88. The second-order valence-corrected chi connectivity index (χ2v) is 10.2. The molecule has 0 spiro atoms.